The number of rotatable bonds is 4. The average molecular weight is 307 g/mol. The number of hydrogen-bond donors (Lipinski definition) is 1. The van der Waals surface area contributed by atoms with Crippen LogP contribution in [0.2, 0.25) is 0 Å². The van der Waals surface area contributed by atoms with E-state index >= 15 is 0 Å². The van der Waals surface area contributed by atoms with Gasteiger partial charge in [-0.15, -0.1) is 0 Å². The molecule has 1 amide bonds. The summed E-state index contributed by atoms with van der Waals surface area (Å²) in [5, 5.41) is 2.93. The van der Waals surface area contributed by atoms with E-state index < -0.39 is 0 Å². The Morgan fingerprint density at radius 3 is 2.57 bits per heavy atom. The van der Waals surface area contributed by atoms with Crippen LogP contribution in [0.15, 0.2) is 55.4 Å². The van der Waals surface area contributed by atoms with Crippen molar-refractivity contribution < 1.29 is 4.79 Å². The lowest BCUT2D eigenvalue weighted by atomic mass is 10.1. The monoisotopic (exact) mass is 307 g/mol. The molecule has 3 rings (SSSR count). The van der Waals surface area contributed by atoms with Crippen molar-refractivity contribution in [3.05, 3.63) is 72.3 Å². The lowest BCUT2D eigenvalue weighted by molar-refractivity contribution is 0.0934. The molecule has 0 radical (unpaired) electrons. The third kappa shape index (κ3) is 3.42. The molecule has 0 fully saturated rings. The topological polar surface area (TPSA) is 72.7 Å². The summed E-state index contributed by atoms with van der Waals surface area (Å²) in [5.41, 5.74) is 3.14. The lowest BCUT2D eigenvalue weighted by Gasteiger charge is -2.14. The van der Waals surface area contributed by atoms with Crippen molar-refractivity contribution >= 4 is 5.91 Å². The molecule has 6 heteroatoms. The van der Waals surface area contributed by atoms with Crippen LogP contribution in [0.5, 0.6) is 0 Å². The first-order valence-corrected chi connectivity index (χ1v) is 7.31. The van der Waals surface area contributed by atoms with E-state index in [2.05, 4.69) is 20.3 Å². The predicted octanol–water partition coefficient (Wildman–Crippen LogP) is 2.46. The van der Waals surface area contributed by atoms with Gasteiger partial charge in [0.1, 0.15) is 5.69 Å². The van der Waals surface area contributed by atoms with Crippen LogP contribution in [0.1, 0.15) is 34.7 Å². The van der Waals surface area contributed by atoms with Crippen molar-refractivity contribution in [2.75, 3.05) is 0 Å². The fourth-order valence-electron chi connectivity index (χ4n) is 2.21. The van der Waals surface area contributed by atoms with E-state index in [1.807, 2.05) is 48.9 Å². The average Bonchev–Trinajstić information content (AvgIpc) is 3.10. The van der Waals surface area contributed by atoms with Crippen LogP contribution >= 0.6 is 0 Å². The molecule has 1 unspecified atom stereocenters. The first-order valence-electron chi connectivity index (χ1n) is 7.31. The number of imidazole rings is 1. The standard InChI is InChI=1S/C17H17N5O/c1-12-9-20-16(10-19-12)17(23)21-13(2)14-3-5-15(6-4-14)22-8-7-18-11-22/h3-11,13H,1-2H3,(H,21,23). The molecule has 1 atom stereocenters. The largest absolute Gasteiger partial charge is 0.344 e. The van der Waals surface area contributed by atoms with E-state index in [4.69, 9.17) is 0 Å². The Morgan fingerprint density at radius 2 is 1.96 bits per heavy atom. The smallest absolute Gasteiger partial charge is 0.271 e. The van der Waals surface area contributed by atoms with Gasteiger partial charge in [0.05, 0.1) is 24.3 Å². The second-order valence-corrected chi connectivity index (χ2v) is 5.30. The molecule has 116 valence electrons. The second kappa shape index (κ2) is 6.39. The molecule has 0 saturated heterocycles. The highest BCUT2D eigenvalue weighted by molar-refractivity contribution is 5.92. The van der Waals surface area contributed by atoms with Crippen LogP contribution in [0, 0.1) is 6.92 Å². The maximum atomic E-state index is 12.2. The summed E-state index contributed by atoms with van der Waals surface area (Å²) < 4.78 is 1.93. The van der Waals surface area contributed by atoms with E-state index in [0.29, 0.717) is 5.69 Å². The first kappa shape index (κ1) is 14.9. The summed E-state index contributed by atoms with van der Waals surface area (Å²) >= 11 is 0. The molecule has 0 bridgehead atoms. The van der Waals surface area contributed by atoms with Gasteiger partial charge in [-0.1, -0.05) is 12.1 Å². The first-order chi connectivity index (χ1) is 11.1. The van der Waals surface area contributed by atoms with Crippen molar-refractivity contribution in [1.82, 2.24) is 24.8 Å². The highest BCUT2D eigenvalue weighted by Gasteiger charge is 2.13. The molecule has 0 aliphatic rings. The van der Waals surface area contributed by atoms with Gasteiger partial charge in [-0.25, -0.2) is 9.97 Å². The molecule has 0 saturated carbocycles. The Balaban J connectivity index is 1.69. The number of amides is 1. The molecule has 2 aromatic heterocycles. The fourth-order valence-corrected chi connectivity index (χ4v) is 2.21. The molecule has 1 aromatic carbocycles. The molecule has 0 aliphatic heterocycles. The van der Waals surface area contributed by atoms with Crippen LogP contribution in [-0.2, 0) is 0 Å². The molecule has 0 aliphatic carbocycles. The molecular formula is C17H17N5O. The number of benzene rings is 1. The fraction of sp³-hybridized carbons (Fsp3) is 0.176. The molecule has 23 heavy (non-hydrogen) atoms. The third-order valence-corrected chi connectivity index (χ3v) is 3.56. The summed E-state index contributed by atoms with van der Waals surface area (Å²) in [6.45, 7) is 3.77. The van der Waals surface area contributed by atoms with Crippen molar-refractivity contribution in [2.45, 2.75) is 19.9 Å². The minimum Gasteiger partial charge on any atom is -0.344 e. The van der Waals surface area contributed by atoms with E-state index in [1.54, 1.807) is 18.7 Å². The van der Waals surface area contributed by atoms with E-state index in [9.17, 15) is 4.79 Å². The van der Waals surface area contributed by atoms with E-state index in [-0.39, 0.29) is 11.9 Å². The Kier molecular flexibility index (Phi) is 4.14. The zero-order chi connectivity index (χ0) is 16.2. The minimum absolute atomic E-state index is 0.123. The van der Waals surface area contributed by atoms with Gasteiger partial charge < -0.3 is 9.88 Å². The normalized spacial score (nSPS) is 11.9. The van der Waals surface area contributed by atoms with Gasteiger partial charge in [-0.2, -0.15) is 0 Å². The van der Waals surface area contributed by atoms with Gasteiger partial charge in [-0.05, 0) is 31.5 Å². The van der Waals surface area contributed by atoms with Crippen LogP contribution in [0.25, 0.3) is 5.69 Å². The van der Waals surface area contributed by atoms with Gasteiger partial charge in [0, 0.05) is 24.3 Å². The number of nitrogens with one attached hydrogen (secondary N) is 1. The van der Waals surface area contributed by atoms with E-state index in [1.165, 1.54) is 6.20 Å². The molecule has 1 N–H and O–H groups in total. The quantitative estimate of drug-likeness (QED) is 0.803. The third-order valence-electron chi connectivity index (χ3n) is 3.56. The van der Waals surface area contributed by atoms with Crippen molar-refractivity contribution in [3.8, 4) is 5.69 Å². The van der Waals surface area contributed by atoms with Crippen molar-refractivity contribution in [1.29, 1.82) is 0 Å². The number of carbonyl (C=O) groups is 1. The van der Waals surface area contributed by atoms with Crippen LogP contribution in [0.3, 0.4) is 0 Å². The van der Waals surface area contributed by atoms with Gasteiger partial charge in [0.15, 0.2) is 0 Å². The summed E-state index contributed by atoms with van der Waals surface area (Å²) in [6, 6.07) is 7.83. The van der Waals surface area contributed by atoms with Crippen LogP contribution in [-0.4, -0.2) is 25.4 Å². The number of aryl methyl sites for hydroxylation is 1. The highest BCUT2D eigenvalue weighted by atomic mass is 16.1. The summed E-state index contributed by atoms with van der Waals surface area (Å²) in [7, 11) is 0. The van der Waals surface area contributed by atoms with Gasteiger partial charge in [-0.3, -0.25) is 9.78 Å². The Morgan fingerprint density at radius 1 is 1.17 bits per heavy atom. The number of aromatic nitrogens is 4. The van der Waals surface area contributed by atoms with Gasteiger partial charge in [0.2, 0.25) is 0 Å². The Hall–Kier alpha value is -3.02. The summed E-state index contributed by atoms with van der Waals surface area (Å²) in [6.07, 6.45) is 8.44. The Labute approximate surface area is 134 Å². The summed E-state index contributed by atoms with van der Waals surface area (Å²) in [5.74, 6) is -0.233. The van der Waals surface area contributed by atoms with Crippen LogP contribution in [0.4, 0.5) is 0 Å². The SMILES string of the molecule is Cc1cnc(C(=O)NC(C)c2ccc(-n3ccnc3)cc2)cn1. The highest BCUT2D eigenvalue weighted by Crippen LogP contribution is 2.16. The van der Waals surface area contributed by atoms with E-state index in [0.717, 1.165) is 16.9 Å². The molecule has 2 heterocycles. The number of carbonyl (C=O) groups excluding carboxylic acids is 1. The van der Waals surface area contributed by atoms with Crippen molar-refractivity contribution in [2.24, 2.45) is 0 Å². The van der Waals surface area contributed by atoms with Crippen molar-refractivity contribution in [3.63, 3.8) is 0 Å². The summed E-state index contributed by atoms with van der Waals surface area (Å²) in [4.78, 5) is 24.4. The van der Waals surface area contributed by atoms with Gasteiger partial charge in [0.25, 0.3) is 5.91 Å². The van der Waals surface area contributed by atoms with Crippen LogP contribution < -0.4 is 5.32 Å². The molecule has 6 nitrogen and oxygen atoms in total. The lowest BCUT2D eigenvalue weighted by Crippen LogP contribution is -2.27. The Bertz CT molecular complexity index is 779. The minimum atomic E-state index is -0.233. The predicted molar refractivity (Wildman–Crippen MR) is 86.2 cm³/mol. The molecular weight excluding hydrogens is 290 g/mol. The zero-order valence-corrected chi connectivity index (χ0v) is 13.0. The molecule has 0 spiro atoms. The zero-order valence-electron chi connectivity index (χ0n) is 13.0. The number of nitrogens with zero attached hydrogens (tertiary/aromatic N) is 4. The molecule has 3 aromatic rings. The maximum Gasteiger partial charge on any atom is 0.271 e. The van der Waals surface area contributed by atoms with Gasteiger partial charge >= 0.3 is 0 Å². The maximum absolute atomic E-state index is 12.2. The number of hydrogen-bond acceptors (Lipinski definition) is 4. The second-order valence-electron chi connectivity index (χ2n) is 5.30.